The second kappa shape index (κ2) is 7.14. The summed E-state index contributed by atoms with van der Waals surface area (Å²) in [6, 6.07) is 5.95. The van der Waals surface area contributed by atoms with E-state index in [0.717, 1.165) is 6.26 Å². The Morgan fingerprint density at radius 3 is 1.90 bits per heavy atom. The van der Waals surface area contributed by atoms with Crippen molar-refractivity contribution in [2.45, 2.75) is 12.8 Å². The Morgan fingerprint density at radius 1 is 0.950 bits per heavy atom. The first-order valence-electron chi connectivity index (χ1n) is 5.86. The van der Waals surface area contributed by atoms with E-state index in [9.17, 15) is 16.8 Å². The quantitative estimate of drug-likeness (QED) is 0.557. The molecule has 6 nitrogen and oxygen atoms in total. The topological polar surface area (TPSA) is 92.3 Å². The van der Waals surface area contributed by atoms with Crippen molar-refractivity contribution in [2.24, 2.45) is 0 Å². The molecule has 0 atom stereocenters. The average molecular weight is 341 g/mol. The molecule has 0 radical (unpaired) electrons. The van der Waals surface area contributed by atoms with Crippen molar-refractivity contribution in [3.05, 3.63) is 24.3 Å². The fraction of sp³-hybridized carbons (Fsp3) is 0.455. The molecule has 0 aromatic heterocycles. The van der Waals surface area contributed by atoms with Crippen molar-refractivity contribution in [1.82, 2.24) is 0 Å². The van der Waals surface area contributed by atoms with Crippen LogP contribution in [0.5, 0.6) is 0 Å². The van der Waals surface area contributed by atoms with Gasteiger partial charge in [0.05, 0.1) is 12.0 Å². The highest BCUT2D eigenvalue weighted by Gasteiger charge is 2.10. The van der Waals surface area contributed by atoms with Gasteiger partial charge < -0.3 is 0 Å². The highest BCUT2D eigenvalue weighted by atomic mass is 35.5. The van der Waals surface area contributed by atoms with Crippen molar-refractivity contribution >= 4 is 43.0 Å². The molecule has 1 aromatic rings. The average Bonchev–Trinajstić information content (AvgIpc) is 2.30. The Balaban J connectivity index is 2.65. The fourth-order valence-corrected chi connectivity index (χ4v) is 3.37. The molecule has 0 aliphatic carbocycles. The molecule has 9 heteroatoms. The SMILES string of the molecule is CS(=O)(=O)Nc1ccc(NS(=O)(=O)CCCCCl)cc1. The molecule has 1 aromatic carbocycles. The van der Waals surface area contributed by atoms with Gasteiger partial charge in [-0.15, -0.1) is 11.6 Å². The second-order valence-electron chi connectivity index (χ2n) is 4.27. The van der Waals surface area contributed by atoms with E-state index in [1.165, 1.54) is 24.3 Å². The van der Waals surface area contributed by atoms with E-state index in [-0.39, 0.29) is 5.75 Å². The number of nitrogens with one attached hydrogen (secondary N) is 2. The van der Waals surface area contributed by atoms with Crippen LogP contribution in [0.4, 0.5) is 11.4 Å². The van der Waals surface area contributed by atoms with Crippen molar-refractivity contribution in [1.29, 1.82) is 0 Å². The van der Waals surface area contributed by atoms with E-state index in [0.29, 0.717) is 30.1 Å². The first-order valence-corrected chi connectivity index (χ1v) is 9.94. The van der Waals surface area contributed by atoms with Gasteiger partial charge in [0.25, 0.3) is 0 Å². The Morgan fingerprint density at radius 2 is 1.45 bits per heavy atom. The Labute approximate surface area is 124 Å². The lowest BCUT2D eigenvalue weighted by Crippen LogP contribution is -2.16. The van der Waals surface area contributed by atoms with E-state index in [1.54, 1.807) is 0 Å². The van der Waals surface area contributed by atoms with Gasteiger partial charge in [-0.3, -0.25) is 9.44 Å². The summed E-state index contributed by atoms with van der Waals surface area (Å²) in [6.45, 7) is 0. The minimum atomic E-state index is -3.40. The van der Waals surface area contributed by atoms with Gasteiger partial charge in [-0.1, -0.05) is 0 Å². The third-order valence-corrected chi connectivity index (χ3v) is 4.50. The van der Waals surface area contributed by atoms with E-state index in [1.807, 2.05) is 0 Å². The molecule has 0 amide bonds. The Kier molecular flexibility index (Phi) is 6.09. The number of anilines is 2. The number of unbranched alkanes of at least 4 members (excludes halogenated alkanes) is 1. The molecule has 0 unspecified atom stereocenters. The largest absolute Gasteiger partial charge is 0.284 e. The fourth-order valence-electron chi connectivity index (χ4n) is 1.44. The first-order chi connectivity index (χ1) is 9.22. The molecule has 1 rings (SSSR count). The zero-order valence-electron chi connectivity index (χ0n) is 11.0. The molecule has 0 aliphatic rings. The summed E-state index contributed by atoms with van der Waals surface area (Å²) in [7, 11) is -6.74. The maximum atomic E-state index is 11.7. The number of hydrogen-bond donors (Lipinski definition) is 2. The van der Waals surface area contributed by atoms with Crippen LogP contribution in [0, 0.1) is 0 Å². The van der Waals surface area contributed by atoms with Crippen LogP contribution in [0.1, 0.15) is 12.8 Å². The lowest BCUT2D eigenvalue weighted by molar-refractivity contribution is 0.597. The first kappa shape index (κ1) is 17.1. The number of benzene rings is 1. The van der Waals surface area contributed by atoms with Crippen LogP contribution in [0.25, 0.3) is 0 Å². The number of halogens is 1. The van der Waals surface area contributed by atoms with Crippen LogP contribution < -0.4 is 9.44 Å². The smallest absolute Gasteiger partial charge is 0.232 e. The number of alkyl halides is 1. The van der Waals surface area contributed by atoms with Crippen molar-refractivity contribution in [3.63, 3.8) is 0 Å². The summed E-state index contributed by atoms with van der Waals surface area (Å²) < 4.78 is 50.2. The summed E-state index contributed by atoms with van der Waals surface area (Å²) >= 11 is 5.49. The van der Waals surface area contributed by atoms with Crippen LogP contribution in [-0.2, 0) is 20.0 Å². The molecule has 114 valence electrons. The van der Waals surface area contributed by atoms with Crippen LogP contribution in [0.15, 0.2) is 24.3 Å². The molecule has 0 heterocycles. The Hall–Kier alpha value is -0.990. The minimum Gasteiger partial charge on any atom is -0.284 e. The van der Waals surface area contributed by atoms with E-state index < -0.39 is 20.0 Å². The molecule has 0 bridgehead atoms. The summed E-state index contributed by atoms with van der Waals surface area (Å²) in [6.07, 6.45) is 2.17. The number of hydrogen-bond acceptors (Lipinski definition) is 4. The van der Waals surface area contributed by atoms with Gasteiger partial charge in [0.2, 0.25) is 20.0 Å². The molecule has 0 saturated heterocycles. The number of rotatable bonds is 8. The third kappa shape index (κ3) is 6.97. The molecule has 20 heavy (non-hydrogen) atoms. The second-order valence-corrected chi connectivity index (χ2v) is 8.24. The summed E-state index contributed by atoms with van der Waals surface area (Å²) in [5.74, 6) is 0.435. The van der Waals surface area contributed by atoms with Crippen LogP contribution in [0.2, 0.25) is 0 Å². The maximum absolute atomic E-state index is 11.7. The van der Waals surface area contributed by atoms with Crippen LogP contribution >= 0.6 is 11.6 Å². The molecule has 0 saturated carbocycles. The zero-order chi connectivity index (χ0) is 15.2. The number of sulfonamides is 2. The van der Waals surface area contributed by atoms with Crippen molar-refractivity contribution < 1.29 is 16.8 Å². The normalized spacial score (nSPS) is 12.1. The van der Waals surface area contributed by atoms with Crippen molar-refractivity contribution in [2.75, 3.05) is 27.3 Å². The Bertz CT molecular complexity index is 627. The highest BCUT2D eigenvalue weighted by molar-refractivity contribution is 7.92. The lowest BCUT2D eigenvalue weighted by atomic mass is 10.3. The van der Waals surface area contributed by atoms with Gasteiger partial charge in [0, 0.05) is 17.3 Å². The lowest BCUT2D eigenvalue weighted by Gasteiger charge is -2.09. The van der Waals surface area contributed by atoms with Gasteiger partial charge in [-0.2, -0.15) is 0 Å². The predicted molar refractivity (Wildman–Crippen MR) is 82.3 cm³/mol. The molecular weight excluding hydrogens is 324 g/mol. The minimum absolute atomic E-state index is 0.00304. The monoisotopic (exact) mass is 340 g/mol. The molecule has 0 aliphatic heterocycles. The van der Waals surface area contributed by atoms with E-state index >= 15 is 0 Å². The van der Waals surface area contributed by atoms with E-state index in [2.05, 4.69) is 9.44 Å². The van der Waals surface area contributed by atoms with Gasteiger partial charge in [-0.05, 0) is 37.1 Å². The molecule has 0 fully saturated rings. The van der Waals surface area contributed by atoms with Crippen molar-refractivity contribution in [3.8, 4) is 0 Å². The summed E-state index contributed by atoms with van der Waals surface area (Å²) in [4.78, 5) is 0. The molecular formula is C11H17ClN2O4S2. The van der Waals surface area contributed by atoms with E-state index in [4.69, 9.17) is 11.6 Å². The van der Waals surface area contributed by atoms with Crippen LogP contribution in [-0.4, -0.2) is 34.7 Å². The third-order valence-electron chi connectivity index (χ3n) is 2.26. The van der Waals surface area contributed by atoms with Gasteiger partial charge in [0.15, 0.2) is 0 Å². The summed E-state index contributed by atoms with van der Waals surface area (Å²) in [5, 5.41) is 0. The van der Waals surface area contributed by atoms with Gasteiger partial charge in [-0.25, -0.2) is 16.8 Å². The molecule has 2 N–H and O–H groups in total. The standard InChI is InChI=1S/C11H17ClN2O4S2/c1-19(15,16)13-10-4-6-11(7-5-10)14-20(17,18)9-3-2-8-12/h4-7,13-14H,2-3,8-9H2,1H3. The van der Waals surface area contributed by atoms with Crippen LogP contribution in [0.3, 0.4) is 0 Å². The van der Waals surface area contributed by atoms with Gasteiger partial charge >= 0.3 is 0 Å². The molecule has 0 spiro atoms. The maximum Gasteiger partial charge on any atom is 0.232 e. The summed E-state index contributed by atoms with van der Waals surface area (Å²) in [5.41, 5.74) is 0.757. The highest BCUT2D eigenvalue weighted by Crippen LogP contribution is 2.16. The zero-order valence-corrected chi connectivity index (χ0v) is 13.4. The predicted octanol–water partition coefficient (Wildman–Crippen LogP) is 1.82. The van der Waals surface area contributed by atoms with Gasteiger partial charge in [0.1, 0.15) is 0 Å².